The Morgan fingerprint density at radius 2 is 0.820 bits per heavy atom. The summed E-state index contributed by atoms with van der Waals surface area (Å²) in [6, 6.07) is 80.4. The molecule has 0 saturated carbocycles. The van der Waals surface area contributed by atoms with E-state index in [1.54, 1.807) is 0 Å². The molecule has 0 amide bonds. The van der Waals surface area contributed by atoms with Gasteiger partial charge in [-0.15, -0.1) is 0 Å². The molecule has 0 aliphatic heterocycles. The summed E-state index contributed by atoms with van der Waals surface area (Å²) in [7, 11) is 0. The number of hydrogen-bond donors (Lipinski definition) is 0. The summed E-state index contributed by atoms with van der Waals surface area (Å²) in [5.41, 5.74) is 16.1. The maximum Gasteiger partial charge on any atom is 0.160 e. The van der Waals surface area contributed by atoms with Gasteiger partial charge in [0.2, 0.25) is 0 Å². The molecule has 2 aromatic heterocycles. The molecular formula is C58H37N3. The smallest absolute Gasteiger partial charge is 0.160 e. The third kappa shape index (κ3) is 5.55. The minimum Gasteiger partial charge on any atom is -0.247 e. The molecule has 0 spiro atoms. The zero-order valence-electron chi connectivity index (χ0n) is 33.2. The van der Waals surface area contributed by atoms with E-state index in [0.29, 0.717) is 5.82 Å². The van der Waals surface area contributed by atoms with E-state index in [4.69, 9.17) is 15.0 Å². The molecule has 3 heteroatoms. The molecule has 0 radical (unpaired) electrons. The highest BCUT2D eigenvalue weighted by Crippen LogP contribution is 2.57. The number of benzene rings is 9. The van der Waals surface area contributed by atoms with Crippen molar-refractivity contribution < 1.29 is 0 Å². The number of rotatable bonds is 6. The van der Waals surface area contributed by atoms with Crippen LogP contribution in [0.2, 0.25) is 0 Å². The number of nitrogens with zero attached hydrogens (tertiary/aromatic N) is 3. The van der Waals surface area contributed by atoms with Crippen LogP contribution < -0.4 is 0 Å². The topological polar surface area (TPSA) is 38.7 Å². The van der Waals surface area contributed by atoms with Gasteiger partial charge in [0.05, 0.1) is 27.8 Å². The third-order valence-electron chi connectivity index (χ3n) is 12.5. The van der Waals surface area contributed by atoms with Gasteiger partial charge >= 0.3 is 0 Å². The van der Waals surface area contributed by atoms with E-state index < -0.39 is 5.41 Å². The van der Waals surface area contributed by atoms with Crippen LogP contribution in [-0.4, -0.2) is 15.0 Å². The van der Waals surface area contributed by atoms with E-state index >= 15 is 0 Å². The molecule has 1 aliphatic rings. The Morgan fingerprint density at radius 1 is 0.279 bits per heavy atom. The molecule has 3 nitrogen and oxygen atoms in total. The molecule has 0 fully saturated rings. The first-order valence-corrected chi connectivity index (χ1v) is 20.9. The van der Waals surface area contributed by atoms with Crippen LogP contribution in [0.5, 0.6) is 0 Å². The molecule has 9 aromatic carbocycles. The van der Waals surface area contributed by atoms with Crippen molar-refractivity contribution in [2.45, 2.75) is 5.41 Å². The minimum atomic E-state index is -0.526. The van der Waals surface area contributed by atoms with E-state index in [0.717, 1.165) is 55.3 Å². The van der Waals surface area contributed by atoms with E-state index in [-0.39, 0.29) is 0 Å². The van der Waals surface area contributed by atoms with Gasteiger partial charge in [0.15, 0.2) is 5.82 Å². The monoisotopic (exact) mass is 775 g/mol. The van der Waals surface area contributed by atoms with Gasteiger partial charge in [0.25, 0.3) is 0 Å². The Balaban J connectivity index is 1.07. The molecule has 0 N–H and O–H groups in total. The lowest BCUT2D eigenvalue weighted by Gasteiger charge is -2.34. The second kappa shape index (κ2) is 14.1. The maximum absolute atomic E-state index is 5.48. The molecule has 12 rings (SSSR count). The van der Waals surface area contributed by atoms with Gasteiger partial charge < -0.3 is 0 Å². The summed E-state index contributed by atoms with van der Waals surface area (Å²) in [4.78, 5) is 16.0. The maximum atomic E-state index is 5.48. The Hall–Kier alpha value is -8.01. The van der Waals surface area contributed by atoms with Crippen molar-refractivity contribution in [1.82, 2.24) is 15.0 Å². The first-order chi connectivity index (χ1) is 30.2. The van der Waals surface area contributed by atoms with Crippen molar-refractivity contribution in [2.24, 2.45) is 0 Å². The average Bonchev–Trinajstić information content (AvgIpc) is 3.63. The van der Waals surface area contributed by atoms with E-state index in [1.165, 1.54) is 49.9 Å². The second-order valence-corrected chi connectivity index (χ2v) is 15.9. The van der Waals surface area contributed by atoms with Crippen LogP contribution in [0.25, 0.3) is 88.7 Å². The third-order valence-corrected chi connectivity index (χ3v) is 12.5. The minimum absolute atomic E-state index is 0.526. The lowest BCUT2D eigenvalue weighted by atomic mass is 9.67. The fourth-order valence-electron chi connectivity index (χ4n) is 9.79. The van der Waals surface area contributed by atoms with E-state index in [1.807, 2.05) is 12.1 Å². The second-order valence-electron chi connectivity index (χ2n) is 15.9. The summed E-state index contributed by atoms with van der Waals surface area (Å²) in [5, 5.41) is 4.44. The highest BCUT2D eigenvalue weighted by atomic mass is 14.9. The number of pyridine rings is 1. The first kappa shape index (κ1) is 35.0. The zero-order valence-corrected chi connectivity index (χ0v) is 33.2. The quantitative estimate of drug-likeness (QED) is 0.158. The molecule has 0 atom stereocenters. The van der Waals surface area contributed by atoms with Gasteiger partial charge in [-0.3, -0.25) is 0 Å². The van der Waals surface area contributed by atoms with Crippen LogP contribution in [0.3, 0.4) is 0 Å². The number of para-hydroxylation sites is 2. The molecule has 2 heterocycles. The number of hydrogen-bond acceptors (Lipinski definition) is 3. The summed E-state index contributed by atoms with van der Waals surface area (Å²) < 4.78 is 0. The highest BCUT2D eigenvalue weighted by molar-refractivity contribution is 6.13. The van der Waals surface area contributed by atoms with Crippen LogP contribution >= 0.6 is 0 Å². The average molecular weight is 776 g/mol. The van der Waals surface area contributed by atoms with Gasteiger partial charge in [-0.2, -0.15) is 0 Å². The Morgan fingerprint density at radius 3 is 1.56 bits per heavy atom. The van der Waals surface area contributed by atoms with Gasteiger partial charge in [0, 0.05) is 32.8 Å². The van der Waals surface area contributed by atoms with Gasteiger partial charge in [0.1, 0.15) is 0 Å². The molecule has 284 valence electrons. The first-order valence-electron chi connectivity index (χ1n) is 20.9. The summed E-state index contributed by atoms with van der Waals surface area (Å²) in [6.07, 6.45) is 0. The van der Waals surface area contributed by atoms with Crippen molar-refractivity contribution in [3.63, 3.8) is 0 Å². The van der Waals surface area contributed by atoms with Gasteiger partial charge in [-0.05, 0) is 80.2 Å². The standard InChI is InChI=1S/C58H37N3/c1-4-17-38(18-5-1)39-31-33-40(34-32-39)55-47-27-12-15-30-54(47)60-57(61-55)42-20-16-19-41(35-42)56-50-37-52-49(36-48(50)46-26-11-14-29-53(46)59-56)45-25-10-13-28-51(45)58(52,43-21-6-2-7-22-43)44-23-8-3-9-24-44/h1-37H. The van der Waals surface area contributed by atoms with Gasteiger partial charge in [-0.25, -0.2) is 15.0 Å². The van der Waals surface area contributed by atoms with Crippen LogP contribution in [-0.2, 0) is 5.41 Å². The highest BCUT2D eigenvalue weighted by Gasteiger charge is 2.46. The molecule has 0 unspecified atom stereocenters. The SMILES string of the molecule is c1ccc(-c2ccc(-c3nc(-c4cccc(-c5nc6ccccc6c6cc7c(cc56)C(c5ccccc5)(c5ccccc5)c5ccccc5-7)c4)nc4ccccc34)cc2)cc1. The lowest BCUT2D eigenvalue weighted by molar-refractivity contribution is 0.769. The summed E-state index contributed by atoms with van der Waals surface area (Å²) in [5.74, 6) is 0.677. The molecule has 1 aliphatic carbocycles. The molecule has 0 saturated heterocycles. The predicted molar refractivity (Wildman–Crippen MR) is 251 cm³/mol. The Bertz CT molecular complexity index is 3410. The van der Waals surface area contributed by atoms with E-state index in [2.05, 4.69) is 212 Å². The molecule has 0 bridgehead atoms. The molecule has 61 heavy (non-hydrogen) atoms. The van der Waals surface area contributed by atoms with Crippen molar-refractivity contribution in [2.75, 3.05) is 0 Å². The van der Waals surface area contributed by atoms with Crippen molar-refractivity contribution >= 4 is 32.6 Å². The number of aromatic nitrogens is 3. The van der Waals surface area contributed by atoms with Crippen LogP contribution in [0.15, 0.2) is 224 Å². The largest absolute Gasteiger partial charge is 0.247 e. The number of fused-ring (bicyclic) bond motifs is 7. The van der Waals surface area contributed by atoms with Crippen LogP contribution in [0.1, 0.15) is 22.3 Å². The Labute approximate surface area is 354 Å². The zero-order chi connectivity index (χ0) is 40.3. The van der Waals surface area contributed by atoms with Crippen molar-refractivity contribution in [1.29, 1.82) is 0 Å². The Kier molecular flexibility index (Phi) is 8.07. The fraction of sp³-hybridized carbons (Fsp3) is 0.0172. The lowest BCUT2D eigenvalue weighted by Crippen LogP contribution is -2.28. The predicted octanol–water partition coefficient (Wildman–Crippen LogP) is 14.4. The van der Waals surface area contributed by atoms with Crippen molar-refractivity contribution in [3.05, 3.63) is 247 Å². The van der Waals surface area contributed by atoms with Gasteiger partial charge in [-0.1, -0.05) is 194 Å². The van der Waals surface area contributed by atoms with E-state index in [9.17, 15) is 0 Å². The molecule has 11 aromatic rings. The summed E-state index contributed by atoms with van der Waals surface area (Å²) >= 11 is 0. The van der Waals surface area contributed by atoms with Crippen molar-refractivity contribution in [3.8, 4) is 56.2 Å². The fourth-order valence-corrected chi connectivity index (χ4v) is 9.79. The van der Waals surface area contributed by atoms with Crippen LogP contribution in [0.4, 0.5) is 0 Å². The van der Waals surface area contributed by atoms with Crippen LogP contribution in [0, 0.1) is 0 Å². The summed E-state index contributed by atoms with van der Waals surface area (Å²) in [6.45, 7) is 0. The molecular weight excluding hydrogens is 739 g/mol. The normalized spacial score (nSPS) is 12.7.